The standard InChI is InChI=1S/C16H21N3S/c17-14-13-11-8-4-5-9-12(11)20-16(13)19-15(18-14)10-6-2-1-3-7-10/h10H,1-9H2,(H2,17,18,19). The molecule has 2 aromatic heterocycles. The molecule has 1 saturated carbocycles. The number of fused-ring (bicyclic) bond motifs is 3. The zero-order valence-electron chi connectivity index (χ0n) is 11.8. The number of hydrogen-bond donors (Lipinski definition) is 1. The Morgan fingerprint density at radius 2 is 1.75 bits per heavy atom. The summed E-state index contributed by atoms with van der Waals surface area (Å²) in [6, 6.07) is 0. The Labute approximate surface area is 123 Å². The van der Waals surface area contributed by atoms with Crippen molar-refractivity contribution in [2.75, 3.05) is 5.73 Å². The Morgan fingerprint density at radius 3 is 2.60 bits per heavy atom. The summed E-state index contributed by atoms with van der Waals surface area (Å²) in [4.78, 5) is 12.2. The highest BCUT2D eigenvalue weighted by atomic mass is 32.1. The van der Waals surface area contributed by atoms with Crippen molar-refractivity contribution in [2.45, 2.75) is 63.7 Å². The van der Waals surface area contributed by atoms with Crippen molar-refractivity contribution in [3.05, 3.63) is 16.3 Å². The van der Waals surface area contributed by atoms with Crippen molar-refractivity contribution in [1.82, 2.24) is 9.97 Å². The molecule has 0 aromatic carbocycles. The third-order valence-corrected chi connectivity index (χ3v) is 6.02. The van der Waals surface area contributed by atoms with Gasteiger partial charge in [-0.05, 0) is 44.1 Å². The van der Waals surface area contributed by atoms with Gasteiger partial charge in [-0.25, -0.2) is 9.97 Å². The molecule has 106 valence electrons. The lowest BCUT2D eigenvalue weighted by molar-refractivity contribution is 0.430. The number of nitrogens with two attached hydrogens (primary N) is 1. The molecule has 0 radical (unpaired) electrons. The molecule has 0 amide bonds. The number of nitrogens with zero attached hydrogens (tertiary/aromatic N) is 2. The van der Waals surface area contributed by atoms with Gasteiger partial charge in [-0.3, -0.25) is 0 Å². The maximum Gasteiger partial charge on any atom is 0.136 e. The number of nitrogen functional groups attached to an aromatic ring is 1. The van der Waals surface area contributed by atoms with E-state index in [4.69, 9.17) is 10.7 Å². The van der Waals surface area contributed by atoms with Crippen LogP contribution in [0, 0.1) is 0 Å². The highest BCUT2D eigenvalue weighted by Crippen LogP contribution is 2.39. The molecule has 0 aliphatic heterocycles. The van der Waals surface area contributed by atoms with E-state index in [0.29, 0.717) is 5.92 Å². The molecular formula is C16H21N3S. The minimum Gasteiger partial charge on any atom is -0.383 e. The summed E-state index contributed by atoms with van der Waals surface area (Å²) >= 11 is 1.86. The molecule has 2 heterocycles. The predicted molar refractivity (Wildman–Crippen MR) is 84.3 cm³/mol. The van der Waals surface area contributed by atoms with E-state index < -0.39 is 0 Å². The van der Waals surface area contributed by atoms with Gasteiger partial charge in [0.25, 0.3) is 0 Å². The van der Waals surface area contributed by atoms with E-state index >= 15 is 0 Å². The minimum absolute atomic E-state index is 0.537. The molecular weight excluding hydrogens is 266 g/mol. The van der Waals surface area contributed by atoms with Gasteiger partial charge in [-0.1, -0.05) is 19.3 Å². The van der Waals surface area contributed by atoms with Crippen molar-refractivity contribution in [3.63, 3.8) is 0 Å². The second kappa shape index (κ2) is 4.99. The Balaban J connectivity index is 1.81. The molecule has 4 rings (SSSR count). The normalized spacial score (nSPS) is 20.2. The monoisotopic (exact) mass is 287 g/mol. The maximum absolute atomic E-state index is 6.29. The van der Waals surface area contributed by atoms with E-state index in [-0.39, 0.29) is 0 Å². The fraction of sp³-hybridized carbons (Fsp3) is 0.625. The van der Waals surface area contributed by atoms with E-state index in [1.807, 2.05) is 11.3 Å². The maximum atomic E-state index is 6.29. The first kappa shape index (κ1) is 12.6. The summed E-state index contributed by atoms with van der Waals surface area (Å²) < 4.78 is 0. The molecule has 2 aromatic rings. The lowest BCUT2D eigenvalue weighted by atomic mass is 9.88. The fourth-order valence-corrected chi connectivity index (χ4v) is 5.02. The highest BCUT2D eigenvalue weighted by molar-refractivity contribution is 7.19. The summed E-state index contributed by atoms with van der Waals surface area (Å²) in [7, 11) is 0. The van der Waals surface area contributed by atoms with Gasteiger partial charge in [0.1, 0.15) is 16.5 Å². The minimum atomic E-state index is 0.537. The van der Waals surface area contributed by atoms with Crippen LogP contribution >= 0.6 is 11.3 Å². The first-order valence-corrected chi connectivity index (χ1v) is 8.72. The molecule has 4 heteroatoms. The van der Waals surface area contributed by atoms with Crippen LogP contribution in [-0.4, -0.2) is 9.97 Å². The van der Waals surface area contributed by atoms with Crippen LogP contribution in [0.25, 0.3) is 10.2 Å². The largest absolute Gasteiger partial charge is 0.383 e. The molecule has 20 heavy (non-hydrogen) atoms. The van der Waals surface area contributed by atoms with Gasteiger partial charge in [0.2, 0.25) is 0 Å². The third-order valence-electron chi connectivity index (χ3n) is 4.83. The van der Waals surface area contributed by atoms with Gasteiger partial charge in [0.15, 0.2) is 0 Å². The molecule has 0 unspecified atom stereocenters. The fourth-order valence-electron chi connectivity index (χ4n) is 3.75. The summed E-state index contributed by atoms with van der Waals surface area (Å²) in [6.07, 6.45) is 11.4. The first-order valence-electron chi connectivity index (χ1n) is 7.90. The molecule has 2 aliphatic rings. The van der Waals surface area contributed by atoms with Crippen LogP contribution < -0.4 is 5.73 Å². The number of rotatable bonds is 1. The van der Waals surface area contributed by atoms with E-state index in [2.05, 4.69) is 4.98 Å². The van der Waals surface area contributed by atoms with Gasteiger partial charge in [-0.15, -0.1) is 11.3 Å². The molecule has 3 nitrogen and oxygen atoms in total. The quantitative estimate of drug-likeness (QED) is 0.855. The van der Waals surface area contributed by atoms with Gasteiger partial charge in [0, 0.05) is 10.8 Å². The number of hydrogen-bond acceptors (Lipinski definition) is 4. The second-order valence-electron chi connectivity index (χ2n) is 6.19. The highest BCUT2D eigenvalue weighted by Gasteiger charge is 2.23. The topological polar surface area (TPSA) is 51.8 Å². The van der Waals surface area contributed by atoms with Crippen molar-refractivity contribution < 1.29 is 0 Å². The van der Waals surface area contributed by atoms with Gasteiger partial charge >= 0.3 is 0 Å². The van der Waals surface area contributed by atoms with Crippen molar-refractivity contribution in [3.8, 4) is 0 Å². The van der Waals surface area contributed by atoms with Gasteiger partial charge < -0.3 is 5.73 Å². The lowest BCUT2D eigenvalue weighted by Crippen LogP contribution is -2.10. The number of aromatic nitrogens is 2. The number of aryl methyl sites for hydroxylation is 2. The van der Waals surface area contributed by atoms with E-state index in [0.717, 1.165) is 22.9 Å². The molecule has 0 bridgehead atoms. The number of anilines is 1. The van der Waals surface area contributed by atoms with Crippen LogP contribution in [0.3, 0.4) is 0 Å². The van der Waals surface area contributed by atoms with E-state index in [9.17, 15) is 0 Å². The van der Waals surface area contributed by atoms with Crippen LogP contribution in [0.5, 0.6) is 0 Å². The summed E-state index contributed by atoms with van der Waals surface area (Å²) in [6.45, 7) is 0. The van der Waals surface area contributed by atoms with Crippen molar-refractivity contribution in [1.29, 1.82) is 0 Å². The SMILES string of the molecule is Nc1nc(C2CCCCC2)nc2sc3c(c12)CCCC3. The molecule has 2 aliphatic carbocycles. The molecule has 0 atom stereocenters. The lowest BCUT2D eigenvalue weighted by Gasteiger charge is -2.20. The smallest absolute Gasteiger partial charge is 0.136 e. The van der Waals surface area contributed by atoms with E-state index in [1.165, 1.54) is 67.2 Å². The summed E-state index contributed by atoms with van der Waals surface area (Å²) in [5.74, 6) is 2.28. The second-order valence-corrected chi connectivity index (χ2v) is 7.28. The Bertz CT molecular complexity index is 641. The van der Waals surface area contributed by atoms with Crippen molar-refractivity contribution >= 4 is 27.4 Å². The van der Waals surface area contributed by atoms with E-state index in [1.54, 1.807) is 0 Å². The summed E-state index contributed by atoms with van der Waals surface area (Å²) in [5, 5.41) is 1.17. The Morgan fingerprint density at radius 1 is 0.950 bits per heavy atom. The summed E-state index contributed by atoms with van der Waals surface area (Å²) in [5.41, 5.74) is 7.74. The van der Waals surface area contributed by atoms with Gasteiger partial charge in [-0.2, -0.15) is 0 Å². The molecule has 0 saturated heterocycles. The number of thiophene rings is 1. The van der Waals surface area contributed by atoms with Crippen LogP contribution in [0.2, 0.25) is 0 Å². The Hall–Kier alpha value is -1.16. The average Bonchev–Trinajstić information content (AvgIpc) is 2.87. The zero-order chi connectivity index (χ0) is 13.5. The van der Waals surface area contributed by atoms with Crippen LogP contribution in [0.15, 0.2) is 0 Å². The first-order chi connectivity index (χ1) is 9.83. The van der Waals surface area contributed by atoms with Crippen LogP contribution in [0.1, 0.15) is 67.1 Å². The van der Waals surface area contributed by atoms with Crippen LogP contribution in [0.4, 0.5) is 5.82 Å². The van der Waals surface area contributed by atoms with Crippen LogP contribution in [-0.2, 0) is 12.8 Å². The third kappa shape index (κ3) is 2.01. The predicted octanol–water partition coefficient (Wildman–Crippen LogP) is 4.20. The molecule has 0 spiro atoms. The zero-order valence-corrected chi connectivity index (χ0v) is 12.6. The van der Waals surface area contributed by atoms with Gasteiger partial charge in [0.05, 0.1) is 5.39 Å². The van der Waals surface area contributed by atoms with Crippen molar-refractivity contribution in [2.24, 2.45) is 0 Å². The molecule has 2 N–H and O–H groups in total. The average molecular weight is 287 g/mol. The Kier molecular flexibility index (Phi) is 3.14. The molecule has 1 fully saturated rings.